The first kappa shape index (κ1) is 16.3. The maximum atomic E-state index is 12.5. The number of halogens is 2. The van der Waals surface area contributed by atoms with Crippen LogP contribution in [-0.2, 0) is 10.0 Å². The van der Waals surface area contributed by atoms with E-state index in [-0.39, 0.29) is 5.03 Å². The first-order chi connectivity index (χ1) is 9.73. The molecule has 8 heteroatoms. The Hall–Kier alpha value is -1.08. The van der Waals surface area contributed by atoms with Crippen molar-refractivity contribution in [3.05, 3.63) is 45.8 Å². The van der Waals surface area contributed by atoms with Crippen molar-refractivity contribution < 1.29 is 8.42 Å². The maximum absolute atomic E-state index is 12.5. The molecular weight excluding hydrogens is 333 g/mol. The molecule has 1 aromatic carbocycles. The summed E-state index contributed by atoms with van der Waals surface area (Å²) in [6.45, 7) is 3.45. The summed E-state index contributed by atoms with van der Waals surface area (Å²) < 4.78 is 26.3. The lowest BCUT2D eigenvalue weighted by atomic mass is 10.1. The number of H-pyrrole nitrogens is 1. The zero-order chi connectivity index (χ0) is 15.8. The molecule has 2 rings (SSSR count). The number of hydrogen-bond donors (Lipinski definition) is 1. The van der Waals surface area contributed by atoms with Crippen molar-refractivity contribution in [2.45, 2.75) is 24.9 Å². The molecular formula is C13H15Cl2N3O2S. The molecule has 0 radical (unpaired) electrons. The highest BCUT2D eigenvalue weighted by molar-refractivity contribution is 7.89. The van der Waals surface area contributed by atoms with Gasteiger partial charge in [-0.15, -0.1) is 0 Å². The first-order valence-electron chi connectivity index (χ1n) is 6.18. The number of rotatable bonds is 4. The molecule has 1 atom stereocenters. The van der Waals surface area contributed by atoms with Gasteiger partial charge in [-0.2, -0.15) is 4.31 Å². The van der Waals surface area contributed by atoms with E-state index in [1.165, 1.54) is 17.5 Å². The first-order valence-corrected chi connectivity index (χ1v) is 8.37. The summed E-state index contributed by atoms with van der Waals surface area (Å²) in [5.74, 6) is 0.541. The van der Waals surface area contributed by atoms with Crippen molar-refractivity contribution in [3.63, 3.8) is 0 Å². The second-order valence-corrected chi connectivity index (χ2v) is 7.51. The number of aromatic nitrogens is 2. The molecule has 0 aliphatic rings. The van der Waals surface area contributed by atoms with Crippen molar-refractivity contribution in [1.29, 1.82) is 0 Å². The van der Waals surface area contributed by atoms with Crippen LogP contribution in [0, 0.1) is 6.92 Å². The Morgan fingerprint density at radius 3 is 2.52 bits per heavy atom. The fraction of sp³-hybridized carbons (Fsp3) is 0.308. The van der Waals surface area contributed by atoms with E-state index in [9.17, 15) is 8.42 Å². The van der Waals surface area contributed by atoms with Crippen molar-refractivity contribution in [1.82, 2.24) is 14.3 Å². The lowest BCUT2D eigenvalue weighted by Gasteiger charge is -2.24. The van der Waals surface area contributed by atoms with Gasteiger partial charge in [-0.25, -0.2) is 13.4 Å². The van der Waals surface area contributed by atoms with Crippen LogP contribution < -0.4 is 0 Å². The summed E-state index contributed by atoms with van der Waals surface area (Å²) >= 11 is 12.0. The molecule has 0 amide bonds. The normalized spacial score (nSPS) is 13.6. The van der Waals surface area contributed by atoms with Gasteiger partial charge in [0.1, 0.15) is 5.82 Å². The minimum Gasteiger partial charge on any atom is -0.332 e. The number of hydrogen-bond acceptors (Lipinski definition) is 3. The predicted octanol–water partition coefficient (Wildman–Crippen LogP) is 3.41. The van der Waals surface area contributed by atoms with Gasteiger partial charge in [0.25, 0.3) is 10.0 Å². The number of sulfonamides is 1. The fourth-order valence-electron chi connectivity index (χ4n) is 1.93. The van der Waals surface area contributed by atoms with Crippen LogP contribution in [0.15, 0.2) is 29.4 Å². The topological polar surface area (TPSA) is 66.1 Å². The van der Waals surface area contributed by atoms with Gasteiger partial charge >= 0.3 is 0 Å². The van der Waals surface area contributed by atoms with Crippen LogP contribution >= 0.6 is 23.2 Å². The highest BCUT2D eigenvalue weighted by Gasteiger charge is 2.28. The summed E-state index contributed by atoms with van der Waals surface area (Å²) in [5, 5.41) is 0.989. The average molecular weight is 348 g/mol. The molecule has 5 nitrogen and oxygen atoms in total. The van der Waals surface area contributed by atoms with Gasteiger partial charge in [-0.3, -0.25) is 0 Å². The van der Waals surface area contributed by atoms with Gasteiger partial charge in [-0.1, -0.05) is 29.3 Å². The third-order valence-electron chi connectivity index (χ3n) is 3.29. The van der Waals surface area contributed by atoms with Crippen LogP contribution in [-0.4, -0.2) is 29.7 Å². The molecule has 0 saturated heterocycles. The van der Waals surface area contributed by atoms with E-state index in [0.717, 1.165) is 0 Å². The lowest BCUT2D eigenvalue weighted by molar-refractivity contribution is 0.397. The molecule has 2 aromatic rings. The Morgan fingerprint density at radius 2 is 2.00 bits per heavy atom. The molecule has 0 fully saturated rings. The van der Waals surface area contributed by atoms with Crippen LogP contribution in [0.4, 0.5) is 0 Å². The molecule has 0 saturated carbocycles. The summed E-state index contributed by atoms with van der Waals surface area (Å²) in [6, 6.07) is 4.55. The summed E-state index contributed by atoms with van der Waals surface area (Å²) in [5.41, 5.74) is 0.684. The molecule has 1 aromatic heterocycles. The number of aromatic amines is 1. The van der Waals surface area contributed by atoms with E-state index in [1.807, 2.05) is 0 Å². The zero-order valence-electron chi connectivity index (χ0n) is 11.8. The zero-order valence-corrected chi connectivity index (χ0v) is 14.1. The Balaban J connectivity index is 2.36. The van der Waals surface area contributed by atoms with Gasteiger partial charge in [0.15, 0.2) is 5.03 Å². The van der Waals surface area contributed by atoms with Crippen LogP contribution in [0.1, 0.15) is 24.4 Å². The van der Waals surface area contributed by atoms with Crippen LogP contribution in [0.25, 0.3) is 0 Å². The van der Waals surface area contributed by atoms with Crippen molar-refractivity contribution in [3.8, 4) is 0 Å². The van der Waals surface area contributed by atoms with Crippen molar-refractivity contribution >= 4 is 33.2 Å². The second-order valence-electron chi connectivity index (χ2n) is 4.70. The third kappa shape index (κ3) is 3.23. The lowest BCUT2D eigenvalue weighted by Crippen LogP contribution is -2.30. The maximum Gasteiger partial charge on any atom is 0.260 e. The Labute approximate surface area is 134 Å². The molecule has 0 spiro atoms. The number of aryl methyl sites for hydroxylation is 1. The summed E-state index contributed by atoms with van der Waals surface area (Å²) in [4.78, 5) is 6.65. The second kappa shape index (κ2) is 5.96. The van der Waals surface area contributed by atoms with Gasteiger partial charge in [0.05, 0.1) is 6.20 Å². The molecule has 0 aliphatic carbocycles. The van der Waals surface area contributed by atoms with Crippen LogP contribution in [0.5, 0.6) is 0 Å². The molecule has 1 heterocycles. The average Bonchev–Trinajstić information content (AvgIpc) is 2.84. The van der Waals surface area contributed by atoms with E-state index in [0.29, 0.717) is 21.4 Å². The summed E-state index contributed by atoms with van der Waals surface area (Å²) in [6.07, 6.45) is 1.30. The van der Waals surface area contributed by atoms with Gasteiger partial charge in [-0.05, 0) is 31.5 Å². The van der Waals surface area contributed by atoms with Crippen molar-refractivity contribution in [2.24, 2.45) is 0 Å². The minimum atomic E-state index is -3.67. The van der Waals surface area contributed by atoms with Crippen molar-refractivity contribution in [2.75, 3.05) is 7.05 Å². The monoisotopic (exact) mass is 347 g/mol. The molecule has 0 bridgehead atoms. The number of imidazole rings is 1. The predicted molar refractivity (Wildman–Crippen MR) is 83.2 cm³/mol. The largest absolute Gasteiger partial charge is 0.332 e. The minimum absolute atomic E-state index is 0.0550. The Morgan fingerprint density at radius 1 is 1.33 bits per heavy atom. The Kier molecular flexibility index (Phi) is 4.63. The number of nitrogens with one attached hydrogen (secondary N) is 1. The molecule has 114 valence electrons. The Bertz CT molecular complexity index is 759. The molecule has 0 aliphatic heterocycles. The molecule has 1 unspecified atom stereocenters. The van der Waals surface area contributed by atoms with Gasteiger partial charge < -0.3 is 4.98 Å². The quantitative estimate of drug-likeness (QED) is 0.921. The van der Waals surface area contributed by atoms with E-state index < -0.39 is 16.1 Å². The number of benzene rings is 1. The highest BCUT2D eigenvalue weighted by Crippen LogP contribution is 2.31. The van der Waals surface area contributed by atoms with E-state index in [4.69, 9.17) is 23.2 Å². The summed E-state index contributed by atoms with van der Waals surface area (Å²) in [7, 11) is -2.17. The smallest absolute Gasteiger partial charge is 0.260 e. The fourth-order valence-corrected chi connectivity index (χ4v) is 3.80. The highest BCUT2D eigenvalue weighted by atomic mass is 35.5. The van der Waals surface area contributed by atoms with Crippen LogP contribution in [0.2, 0.25) is 10.0 Å². The molecule has 1 N–H and O–H groups in total. The number of nitrogens with zero attached hydrogens (tertiary/aromatic N) is 2. The molecule has 21 heavy (non-hydrogen) atoms. The van der Waals surface area contributed by atoms with Crippen LogP contribution in [0.3, 0.4) is 0 Å². The third-order valence-corrected chi connectivity index (χ3v) is 5.69. The van der Waals surface area contributed by atoms with E-state index in [2.05, 4.69) is 9.97 Å². The standard InChI is InChI=1S/C13H15Cl2N3O2S/c1-8(11-5-4-10(14)6-12(11)15)18(3)21(19,20)13-7-16-9(2)17-13/h4-8H,1-3H3,(H,16,17). The van der Waals surface area contributed by atoms with Gasteiger partial charge in [0.2, 0.25) is 0 Å². The SMILES string of the molecule is Cc1ncc(S(=O)(=O)N(C)C(C)c2ccc(Cl)cc2Cl)[nH]1. The van der Waals surface area contributed by atoms with E-state index >= 15 is 0 Å². The van der Waals surface area contributed by atoms with E-state index in [1.54, 1.807) is 32.0 Å². The van der Waals surface area contributed by atoms with Gasteiger partial charge in [0, 0.05) is 23.1 Å².